The number of aromatic nitrogens is 2. The molecule has 1 heterocycles. The fraction of sp³-hybridized carbons (Fsp3) is 0.143. The average Bonchev–Trinajstić information content (AvgIpc) is 2.87. The molecular formula is C28H20F6N2O. The number of ether oxygens (including phenoxy) is 1. The maximum Gasteiger partial charge on any atom is 0.227 e. The van der Waals surface area contributed by atoms with Gasteiger partial charge < -0.3 is 4.74 Å². The van der Waals surface area contributed by atoms with E-state index in [9.17, 15) is 26.3 Å². The van der Waals surface area contributed by atoms with E-state index < -0.39 is 46.3 Å². The minimum Gasteiger partial charge on any atom is -0.486 e. The first kappa shape index (κ1) is 25.9. The van der Waals surface area contributed by atoms with E-state index >= 15 is 0 Å². The van der Waals surface area contributed by atoms with E-state index in [1.807, 2.05) is 13.0 Å². The van der Waals surface area contributed by atoms with Crippen molar-refractivity contribution in [1.29, 1.82) is 0 Å². The Labute approximate surface area is 209 Å². The molecule has 0 aliphatic rings. The van der Waals surface area contributed by atoms with Crippen LogP contribution in [0.1, 0.15) is 19.2 Å². The molecule has 0 unspecified atom stereocenters. The molecule has 0 spiro atoms. The Morgan fingerprint density at radius 1 is 0.649 bits per heavy atom. The summed E-state index contributed by atoms with van der Waals surface area (Å²) in [5, 5.41) is 0. The Balaban J connectivity index is 1.63. The maximum absolute atomic E-state index is 14.9. The molecule has 4 rings (SSSR count). The predicted octanol–water partition coefficient (Wildman–Crippen LogP) is 7.97. The number of hydrogen-bond donors (Lipinski definition) is 0. The average molecular weight is 514 g/mol. The van der Waals surface area contributed by atoms with E-state index in [0.29, 0.717) is 0 Å². The minimum atomic E-state index is -1.48. The molecule has 0 N–H and O–H groups in total. The van der Waals surface area contributed by atoms with Crippen LogP contribution in [0.2, 0.25) is 0 Å². The van der Waals surface area contributed by atoms with Crippen LogP contribution in [0.5, 0.6) is 5.75 Å². The molecule has 37 heavy (non-hydrogen) atoms. The van der Waals surface area contributed by atoms with Gasteiger partial charge in [-0.1, -0.05) is 55.5 Å². The van der Waals surface area contributed by atoms with Crippen molar-refractivity contribution in [2.45, 2.75) is 20.3 Å². The zero-order valence-corrected chi connectivity index (χ0v) is 19.8. The Morgan fingerprint density at radius 3 is 1.70 bits per heavy atom. The zero-order valence-electron chi connectivity index (χ0n) is 19.8. The summed E-state index contributed by atoms with van der Waals surface area (Å²) in [5.74, 6) is -8.15. The molecule has 0 saturated heterocycles. The van der Waals surface area contributed by atoms with Crippen LogP contribution in [-0.4, -0.2) is 16.6 Å². The molecule has 0 atom stereocenters. The largest absolute Gasteiger partial charge is 0.486 e. The highest BCUT2D eigenvalue weighted by Gasteiger charge is 2.23. The minimum absolute atomic E-state index is 0.0483. The topological polar surface area (TPSA) is 35.0 Å². The van der Waals surface area contributed by atoms with Gasteiger partial charge in [0.05, 0.1) is 5.56 Å². The summed E-state index contributed by atoms with van der Waals surface area (Å²) in [7, 11) is 0. The summed E-state index contributed by atoms with van der Waals surface area (Å²) in [4.78, 5) is 6.73. The summed E-state index contributed by atoms with van der Waals surface area (Å²) in [6.07, 6.45) is 4.31. The molecule has 4 aromatic rings. The van der Waals surface area contributed by atoms with E-state index in [4.69, 9.17) is 4.74 Å². The molecule has 0 bridgehead atoms. The van der Waals surface area contributed by atoms with Crippen LogP contribution in [0.25, 0.3) is 33.4 Å². The van der Waals surface area contributed by atoms with Crippen molar-refractivity contribution in [3.63, 3.8) is 0 Å². The third kappa shape index (κ3) is 5.21. The standard InChI is InChI=1S/C28H20F6N2O/c1-3-4-5-14-37-21-13-12-19(24(30)26(21)32)17-8-6-16(7-9-17)18-10-11-20(25(31)23(18)29)22-27(33)35-15(2)36-28(22)34/h4-13H,3,14H2,1-2H3/b5-4+. The van der Waals surface area contributed by atoms with Gasteiger partial charge in [0.1, 0.15) is 12.4 Å². The van der Waals surface area contributed by atoms with Crippen LogP contribution in [0.15, 0.2) is 60.7 Å². The first-order valence-corrected chi connectivity index (χ1v) is 11.3. The Kier molecular flexibility index (Phi) is 7.61. The molecule has 3 aromatic carbocycles. The fourth-order valence-corrected chi connectivity index (χ4v) is 3.76. The summed E-state index contributed by atoms with van der Waals surface area (Å²) in [5.41, 5.74) is -1.30. The van der Waals surface area contributed by atoms with E-state index in [-0.39, 0.29) is 40.4 Å². The first-order chi connectivity index (χ1) is 17.7. The molecule has 0 amide bonds. The molecular weight excluding hydrogens is 494 g/mol. The van der Waals surface area contributed by atoms with E-state index in [1.165, 1.54) is 43.3 Å². The number of rotatable bonds is 7. The monoisotopic (exact) mass is 514 g/mol. The summed E-state index contributed by atoms with van der Waals surface area (Å²) >= 11 is 0. The Hall–Kier alpha value is -4.14. The third-order valence-corrected chi connectivity index (χ3v) is 5.58. The number of halogens is 6. The summed E-state index contributed by atoms with van der Waals surface area (Å²) in [6, 6.07) is 10.4. The van der Waals surface area contributed by atoms with Crippen LogP contribution in [0, 0.1) is 42.1 Å². The van der Waals surface area contributed by atoms with E-state index in [0.717, 1.165) is 18.6 Å². The number of aryl methyl sites for hydroxylation is 1. The van der Waals surface area contributed by atoms with Crippen molar-refractivity contribution in [1.82, 2.24) is 9.97 Å². The van der Waals surface area contributed by atoms with Crippen LogP contribution in [0.3, 0.4) is 0 Å². The van der Waals surface area contributed by atoms with Crippen molar-refractivity contribution >= 4 is 0 Å². The van der Waals surface area contributed by atoms with Crippen molar-refractivity contribution in [3.8, 4) is 39.1 Å². The molecule has 190 valence electrons. The maximum atomic E-state index is 14.9. The molecule has 0 radical (unpaired) electrons. The quantitative estimate of drug-likeness (QED) is 0.143. The van der Waals surface area contributed by atoms with E-state index in [2.05, 4.69) is 9.97 Å². The van der Waals surface area contributed by atoms with Gasteiger partial charge in [-0.2, -0.15) is 13.2 Å². The normalized spacial score (nSPS) is 11.4. The first-order valence-electron chi connectivity index (χ1n) is 11.3. The fourth-order valence-electron chi connectivity index (χ4n) is 3.76. The molecule has 0 fully saturated rings. The highest BCUT2D eigenvalue weighted by molar-refractivity contribution is 5.74. The second-order valence-corrected chi connectivity index (χ2v) is 8.02. The van der Waals surface area contributed by atoms with Crippen LogP contribution >= 0.6 is 0 Å². The van der Waals surface area contributed by atoms with Gasteiger partial charge in [0, 0.05) is 16.7 Å². The number of allylic oxidation sites excluding steroid dienone is 1. The van der Waals surface area contributed by atoms with Crippen molar-refractivity contribution < 1.29 is 31.1 Å². The Bertz CT molecular complexity index is 1460. The van der Waals surface area contributed by atoms with Gasteiger partial charge >= 0.3 is 0 Å². The zero-order chi connectivity index (χ0) is 26.7. The lowest BCUT2D eigenvalue weighted by atomic mass is 9.97. The predicted molar refractivity (Wildman–Crippen MR) is 128 cm³/mol. The van der Waals surface area contributed by atoms with Crippen molar-refractivity contribution in [3.05, 3.63) is 102 Å². The van der Waals surface area contributed by atoms with E-state index in [1.54, 1.807) is 6.08 Å². The summed E-state index contributed by atoms with van der Waals surface area (Å²) in [6.45, 7) is 3.28. The highest BCUT2D eigenvalue weighted by atomic mass is 19.2. The lowest BCUT2D eigenvalue weighted by Crippen LogP contribution is -2.03. The Morgan fingerprint density at radius 2 is 1.14 bits per heavy atom. The number of hydrogen-bond acceptors (Lipinski definition) is 3. The smallest absolute Gasteiger partial charge is 0.227 e. The van der Waals surface area contributed by atoms with Gasteiger partial charge in [-0.25, -0.2) is 23.1 Å². The second kappa shape index (κ2) is 10.9. The van der Waals surface area contributed by atoms with Crippen molar-refractivity contribution in [2.24, 2.45) is 0 Å². The number of benzene rings is 3. The molecule has 9 heteroatoms. The van der Waals surface area contributed by atoms with Gasteiger partial charge in [-0.3, -0.25) is 0 Å². The third-order valence-electron chi connectivity index (χ3n) is 5.58. The van der Waals surface area contributed by atoms with Crippen molar-refractivity contribution in [2.75, 3.05) is 6.61 Å². The van der Waals surface area contributed by atoms with Crippen LogP contribution < -0.4 is 4.74 Å². The molecule has 3 nitrogen and oxygen atoms in total. The molecule has 1 aromatic heterocycles. The van der Waals surface area contributed by atoms with Gasteiger partial charge in [0.15, 0.2) is 23.2 Å². The van der Waals surface area contributed by atoms with Crippen LogP contribution in [0.4, 0.5) is 26.3 Å². The molecule has 0 saturated carbocycles. The van der Waals surface area contributed by atoms with Gasteiger partial charge in [-0.15, -0.1) is 0 Å². The SMILES string of the molecule is CC/C=C/COc1ccc(-c2ccc(-c3ccc(-c4c(F)nc(C)nc4F)c(F)c3F)cc2)c(F)c1F. The lowest BCUT2D eigenvalue weighted by Gasteiger charge is -2.12. The van der Waals surface area contributed by atoms with Gasteiger partial charge in [0.2, 0.25) is 17.7 Å². The molecule has 0 aliphatic heterocycles. The number of nitrogens with zero attached hydrogens (tertiary/aromatic N) is 2. The van der Waals surface area contributed by atoms with Crippen LogP contribution in [-0.2, 0) is 0 Å². The van der Waals surface area contributed by atoms with Gasteiger partial charge in [-0.05, 0) is 36.6 Å². The lowest BCUT2D eigenvalue weighted by molar-refractivity contribution is 0.332. The van der Waals surface area contributed by atoms with Gasteiger partial charge in [0.25, 0.3) is 0 Å². The summed E-state index contributed by atoms with van der Waals surface area (Å²) < 4.78 is 92.5. The molecule has 0 aliphatic carbocycles. The second-order valence-electron chi connectivity index (χ2n) is 8.02. The highest BCUT2D eigenvalue weighted by Crippen LogP contribution is 2.35.